The van der Waals surface area contributed by atoms with Crippen LogP contribution in [-0.2, 0) is 9.47 Å². The predicted octanol–water partition coefficient (Wildman–Crippen LogP) is 0.377. The molecule has 1 rings (SSSR count). The fourth-order valence-electron chi connectivity index (χ4n) is 0.625. The zero-order chi connectivity index (χ0) is 6.53. The van der Waals surface area contributed by atoms with E-state index in [9.17, 15) is 0 Å². The van der Waals surface area contributed by atoms with Gasteiger partial charge in [0, 0.05) is 6.61 Å². The second-order valence-electron chi connectivity index (χ2n) is 2.38. The summed E-state index contributed by atoms with van der Waals surface area (Å²) < 4.78 is 10.2. The summed E-state index contributed by atoms with van der Waals surface area (Å²) in [4.78, 5) is 0. The summed E-state index contributed by atoms with van der Waals surface area (Å²) in [6, 6.07) is 0. The minimum Gasteiger partial charge on any atom is -0.412 e. The van der Waals surface area contributed by atoms with Gasteiger partial charge in [0.25, 0.3) is 0 Å². The van der Waals surface area contributed by atoms with Gasteiger partial charge in [-0.1, -0.05) is 13.3 Å². The molecule has 2 N–H and O–H groups in total. The molecule has 0 amide bonds. The van der Waals surface area contributed by atoms with Crippen molar-refractivity contribution >= 4 is 0 Å². The molecule has 1 aliphatic heterocycles. The van der Waals surface area contributed by atoms with E-state index < -0.39 is 0 Å². The number of hydrogen-bond donors (Lipinski definition) is 0. The van der Waals surface area contributed by atoms with E-state index in [0.29, 0.717) is 6.10 Å². The van der Waals surface area contributed by atoms with Crippen LogP contribution in [0, 0.1) is 0 Å². The number of rotatable bonds is 5. The number of epoxide rings is 1. The predicted molar refractivity (Wildman–Crippen MR) is 39.1 cm³/mol. The van der Waals surface area contributed by atoms with Crippen LogP contribution in [0.1, 0.15) is 19.8 Å². The summed E-state index contributed by atoms with van der Waals surface area (Å²) in [6.07, 6.45) is 2.82. The monoisotopic (exact) mass is 148 g/mol. The van der Waals surface area contributed by atoms with Crippen molar-refractivity contribution in [3.05, 3.63) is 0 Å². The van der Waals surface area contributed by atoms with Crippen molar-refractivity contribution in [2.24, 2.45) is 0 Å². The molecule has 0 aromatic heterocycles. The Balaban J connectivity index is 0.000000810. The van der Waals surface area contributed by atoms with Gasteiger partial charge in [-0.3, -0.25) is 0 Å². The highest BCUT2D eigenvalue weighted by Gasteiger charge is 2.21. The Kier molecular flexibility index (Phi) is 5.58. The zero-order valence-corrected chi connectivity index (χ0v) is 6.43. The first kappa shape index (κ1) is 9.88. The molecule has 1 heterocycles. The van der Waals surface area contributed by atoms with Crippen molar-refractivity contribution < 1.29 is 14.9 Å². The lowest BCUT2D eigenvalue weighted by Gasteiger charge is -1.97. The molecule has 0 bridgehead atoms. The Bertz CT molecular complexity index is 71.3. The highest BCUT2D eigenvalue weighted by atomic mass is 16.6. The maximum Gasteiger partial charge on any atom is 0.104 e. The minimum absolute atomic E-state index is 0. The fourth-order valence-corrected chi connectivity index (χ4v) is 0.625. The summed E-state index contributed by atoms with van der Waals surface area (Å²) in [7, 11) is 0. The van der Waals surface area contributed by atoms with Crippen LogP contribution >= 0.6 is 0 Å². The van der Waals surface area contributed by atoms with Crippen LogP contribution in [0.3, 0.4) is 0 Å². The quantitative estimate of drug-likeness (QED) is 0.418. The molecule has 3 heteroatoms. The van der Waals surface area contributed by atoms with Gasteiger partial charge < -0.3 is 14.9 Å². The van der Waals surface area contributed by atoms with Gasteiger partial charge in [-0.2, -0.15) is 0 Å². The average Bonchev–Trinajstić information content (AvgIpc) is 2.63. The highest BCUT2D eigenvalue weighted by molar-refractivity contribution is 4.66. The molecule has 1 fully saturated rings. The summed E-state index contributed by atoms with van der Waals surface area (Å²) in [5.74, 6) is 0. The maximum atomic E-state index is 5.27. The number of hydrogen-bond acceptors (Lipinski definition) is 2. The first-order valence-corrected chi connectivity index (χ1v) is 3.63. The Labute approximate surface area is 61.6 Å². The van der Waals surface area contributed by atoms with E-state index in [2.05, 4.69) is 6.92 Å². The first-order valence-electron chi connectivity index (χ1n) is 3.63. The van der Waals surface area contributed by atoms with Gasteiger partial charge in [0.1, 0.15) is 6.10 Å². The van der Waals surface area contributed by atoms with Crippen molar-refractivity contribution in [3.63, 3.8) is 0 Å². The van der Waals surface area contributed by atoms with E-state index in [1.807, 2.05) is 0 Å². The smallest absolute Gasteiger partial charge is 0.104 e. The van der Waals surface area contributed by atoms with Crippen LogP contribution in [0.15, 0.2) is 0 Å². The zero-order valence-electron chi connectivity index (χ0n) is 6.43. The van der Waals surface area contributed by atoms with Crippen molar-refractivity contribution in [2.75, 3.05) is 19.8 Å². The van der Waals surface area contributed by atoms with E-state index in [1.54, 1.807) is 0 Å². The number of ether oxygens (including phenoxy) is 2. The normalized spacial score (nSPS) is 21.9. The van der Waals surface area contributed by atoms with Gasteiger partial charge in [-0.15, -0.1) is 0 Å². The molecule has 0 radical (unpaired) electrons. The molecule has 0 spiro atoms. The molecule has 1 atom stereocenters. The second kappa shape index (κ2) is 5.65. The van der Waals surface area contributed by atoms with Crippen LogP contribution < -0.4 is 0 Å². The molecule has 10 heavy (non-hydrogen) atoms. The Hall–Kier alpha value is -0.120. The van der Waals surface area contributed by atoms with Crippen molar-refractivity contribution in [1.82, 2.24) is 0 Å². The summed E-state index contributed by atoms with van der Waals surface area (Å²) >= 11 is 0. The van der Waals surface area contributed by atoms with Gasteiger partial charge in [-0.05, 0) is 6.42 Å². The maximum absolute atomic E-state index is 5.27. The Morgan fingerprint density at radius 1 is 1.60 bits per heavy atom. The van der Waals surface area contributed by atoms with Crippen LogP contribution in [0.4, 0.5) is 0 Å². The van der Waals surface area contributed by atoms with E-state index in [0.717, 1.165) is 19.8 Å². The van der Waals surface area contributed by atoms with Crippen LogP contribution in [0.2, 0.25) is 0 Å². The van der Waals surface area contributed by atoms with Gasteiger partial charge in [0.2, 0.25) is 0 Å². The molecule has 0 aromatic rings. The van der Waals surface area contributed by atoms with Crippen LogP contribution in [0.25, 0.3) is 0 Å². The Morgan fingerprint density at radius 3 is 2.80 bits per heavy atom. The standard InChI is InChI=1S/C7H14O2.H2O/c1-2-3-4-8-5-7-6-9-7;/h7H,2-6H2,1H3;1H2. The molecular weight excluding hydrogens is 132 g/mol. The molecule has 1 aliphatic rings. The van der Waals surface area contributed by atoms with Crippen molar-refractivity contribution in [3.8, 4) is 0 Å². The van der Waals surface area contributed by atoms with Gasteiger partial charge >= 0.3 is 0 Å². The molecule has 0 aliphatic carbocycles. The van der Waals surface area contributed by atoms with Crippen LogP contribution in [0.5, 0.6) is 0 Å². The third-order valence-corrected chi connectivity index (χ3v) is 1.35. The van der Waals surface area contributed by atoms with Gasteiger partial charge in [0.05, 0.1) is 13.2 Å². The molecule has 1 saturated heterocycles. The first-order chi connectivity index (χ1) is 4.43. The second-order valence-corrected chi connectivity index (χ2v) is 2.38. The minimum atomic E-state index is 0. The van der Waals surface area contributed by atoms with Gasteiger partial charge in [0.15, 0.2) is 0 Å². The lowest BCUT2D eigenvalue weighted by molar-refractivity contribution is 0.114. The summed E-state index contributed by atoms with van der Waals surface area (Å²) in [5, 5.41) is 0. The van der Waals surface area contributed by atoms with Gasteiger partial charge in [-0.25, -0.2) is 0 Å². The highest BCUT2D eigenvalue weighted by Crippen LogP contribution is 2.08. The van der Waals surface area contributed by atoms with E-state index in [-0.39, 0.29) is 5.48 Å². The van der Waals surface area contributed by atoms with E-state index >= 15 is 0 Å². The topological polar surface area (TPSA) is 53.3 Å². The molecule has 62 valence electrons. The lowest BCUT2D eigenvalue weighted by atomic mass is 10.4. The summed E-state index contributed by atoms with van der Waals surface area (Å²) in [6.45, 7) is 4.78. The summed E-state index contributed by atoms with van der Waals surface area (Å²) in [5.41, 5.74) is 0. The van der Waals surface area contributed by atoms with Crippen LogP contribution in [-0.4, -0.2) is 31.4 Å². The molecule has 1 unspecified atom stereocenters. The third-order valence-electron chi connectivity index (χ3n) is 1.35. The number of unbranched alkanes of at least 4 members (excludes halogenated alkanes) is 1. The van der Waals surface area contributed by atoms with Crippen molar-refractivity contribution in [2.45, 2.75) is 25.9 Å². The largest absolute Gasteiger partial charge is 0.412 e. The fraction of sp³-hybridized carbons (Fsp3) is 1.00. The third kappa shape index (κ3) is 4.73. The van der Waals surface area contributed by atoms with Crippen molar-refractivity contribution in [1.29, 1.82) is 0 Å². The van der Waals surface area contributed by atoms with E-state index in [1.165, 1.54) is 12.8 Å². The lowest BCUT2D eigenvalue weighted by Crippen LogP contribution is -2.01. The molecular formula is C7H16O3. The molecule has 0 aromatic carbocycles. The van der Waals surface area contributed by atoms with E-state index in [4.69, 9.17) is 9.47 Å². The molecule has 3 nitrogen and oxygen atoms in total. The molecule has 0 saturated carbocycles. The average molecular weight is 148 g/mol. The SMILES string of the molecule is CCCCOCC1CO1.O. The Morgan fingerprint density at radius 2 is 2.30 bits per heavy atom.